The van der Waals surface area contributed by atoms with Gasteiger partial charge in [-0.15, -0.1) is 0 Å². The van der Waals surface area contributed by atoms with Crippen LogP contribution in [0.5, 0.6) is 11.5 Å². The Bertz CT molecular complexity index is 964. The highest BCUT2D eigenvalue weighted by Gasteiger charge is 2.28. The van der Waals surface area contributed by atoms with Crippen molar-refractivity contribution < 1.29 is 14.3 Å². The number of benzene rings is 3. The molecule has 0 atom stereocenters. The average molecular weight is 303 g/mol. The quantitative estimate of drug-likeness (QED) is 0.748. The summed E-state index contributed by atoms with van der Waals surface area (Å²) in [7, 11) is 0. The van der Waals surface area contributed by atoms with Gasteiger partial charge in [-0.2, -0.15) is 0 Å². The molecule has 3 aromatic carbocycles. The van der Waals surface area contributed by atoms with Gasteiger partial charge in [0.25, 0.3) is 5.91 Å². The molecule has 4 heteroatoms. The smallest absolute Gasteiger partial charge is 0.251 e. The monoisotopic (exact) mass is 303 g/mol. The summed E-state index contributed by atoms with van der Waals surface area (Å²) in [5.41, 5.74) is 3.90. The van der Waals surface area contributed by atoms with Crippen molar-refractivity contribution >= 4 is 16.7 Å². The standard InChI is InChI=1S/C19H13NO3/c21-19-13-8-12-6-7-15-18(23-10-22-15)17(12)16(14(13)9-20-19)11-4-2-1-3-5-11/h1-8H,9-10H2,(H,20,21). The van der Waals surface area contributed by atoms with Crippen LogP contribution < -0.4 is 14.8 Å². The van der Waals surface area contributed by atoms with Gasteiger partial charge in [0, 0.05) is 17.5 Å². The van der Waals surface area contributed by atoms with E-state index in [9.17, 15) is 4.79 Å². The van der Waals surface area contributed by atoms with Crippen molar-refractivity contribution in [3.63, 3.8) is 0 Å². The fourth-order valence-corrected chi connectivity index (χ4v) is 3.47. The molecule has 0 bridgehead atoms. The molecule has 0 radical (unpaired) electrons. The van der Waals surface area contributed by atoms with E-state index >= 15 is 0 Å². The molecule has 23 heavy (non-hydrogen) atoms. The zero-order valence-electron chi connectivity index (χ0n) is 12.3. The number of rotatable bonds is 1. The van der Waals surface area contributed by atoms with Gasteiger partial charge in [0.2, 0.25) is 6.79 Å². The Balaban J connectivity index is 1.97. The van der Waals surface area contributed by atoms with Crippen LogP contribution in [0.1, 0.15) is 15.9 Å². The van der Waals surface area contributed by atoms with Crippen LogP contribution in [-0.2, 0) is 6.54 Å². The Hall–Kier alpha value is -3.01. The molecule has 2 aliphatic rings. The van der Waals surface area contributed by atoms with Gasteiger partial charge in [-0.05, 0) is 34.2 Å². The summed E-state index contributed by atoms with van der Waals surface area (Å²) in [6.45, 7) is 0.774. The van der Waals surface area contributed by atoms with Gasteiger partial charge in [-0.25, -0.2) is 0 Å². The maximum absolute atomic E-state index is 12.2. The Morgan fingerprint density at radius 1 is 1.00 bits per heavy atom. The lowest BCUT2D eigenvalue weighted by atomic mass is 9.90. The maximum atomic E-state index is 12.2. The first kappa shape index (κ1) is 12.5. The van der Waals surface area contributed by atoms with Gasteiger partial charge in [-0.1, -0.05) is 36.4 Å². The third-order valence-corrected chi connectivity index (χ3v) is 4.48. The third kappa shape index (κ3) is 1.69. The van der Waals surface area contributed by atoms with Crippen LogP contribution >= 0.6 is 0 Å². The first-order valence-corrected chi connectivity index (χ1v) is 7.55. The second-order valence-corrected chi connectivity index (χ2v) is 5.72. The van der Waals surface area contributed by atoms with Crippen LogP contribution in [0.15, 0.2) is 48.5 Å². The number of hydrogen-bond acceptors (Lipinski definition) is 3. The second-order valence-electron chi connectivity index (χ2n) is 5.72. The molecule has 5 rings (SSSR count). The molecule has 2 heterocycles. The summed E-state index contributed by atoms with van der Waals surface area (Å²) in [5, 5.41) is 4.93. The Morgan fingerprint density at radius 3 is 2.74 bits per heavy atom. The minimum Gasteiger partial charge on any atom is -0.454 e. The Labute approximate surface area is 132 Å². The van der Waals surface area contributed by atoms with Crippen molar-refractivity contribution in [2.75, 3.05) is 6.79 Å². The van der Waals surface area contributed by atoms with Gasteiger partial charge < -0.3 is 14.8 Å². The second kappa shape index (κ2) is 4.49. The van der Waals surface area contributed by atoms with Crippen molar-refractivity contribution in [3.8, 4) is 22.6 Å². The molecule has 3 aromatic rings. The lowest BCUT2D eigenvalue weighted by Gasteiger charge is -2.14. The summed E-state index contributed by atoms with van der Waals surface area (Å²) in [5.74, 6) is 1.51. The molecular weight excluding hydrogens is 290 g/mol. The van der Waals surface area contributed by atoms with Crippen LogP contribution in [0.3, 0.4) is 0 Å². The summed E-state index contributed by atoms with van der Waals surface area (Å²) in [4.78, 5) is 12.2. The lowest BCUT2D eigenvalue weighted by Crippen LogP contribution is -2.12. The molecule has 1 N–H and O–H groups in total. The molecule has 0 aromatic heterocycles. The molecule has 4 nitrogen and oxygen atoms in total. The fourth-order valence-electron chi connectivity index (χ4n) is 3.47. The summed E-state index contributed by atoms with van der Waals surface area (Å²) in [6, 6.07) is 16.0. The predicted octanol–water partition coefficient (Wildman–Crippen LogP) is 3.48. The molecule has 0 spiro atoms. The van der Waals surface area contributed by atoms with Gasteiger partial charge in [0.15, 0.2) is 11.5 Å². The number of ether oxygens (including phenoxy) is 2. The van der Waals surface area contributed by atoms with Crippen molar-refractivity contribution in [1.82, 2.24) is 5.32 Å². The topological polar surface area (TPSA) is 47.6 Å². The van der Waals surface area contributed by atoms with Crippen molar-refractivity contribution in [1.29, 1.82) is 0 Å². The predicted molar refractivity (Wildman–Crippen MR) is 86.7 cm³/mol. The third-order valence-electron chi connectivity index (χ3n) is 4.48. The molecule has 1 amide bonds. The summed E-state index contributed by atoms with van der Waals surface area (Å²) in [6.07, 6.45) is 0. The molecule has 0 unspecified atom stereocenters. The van der Waals surface area contributed by atoms with Gasteiger partial charge in [0.1, 0.15) is 0 Å². The number of carbonyl (C=O) groups excluding carboxylic acids is 1. The number of carbonyl (C=O) groups is 1. The number of hydrogen-bond donors (Lipinski definition) is 1. The largest absolute Gasteiger partial charge is 0.454 e. The van der Waals surface area contributed by atoms with E-state index in [0.29, 0.717) is 6.54 Å². The molecular formula is C19H13NO3. The highest BCUT2D eigenvalue weighted by atomic mass is 16.7. The van der Waals surface area contributed by atoms with Crippen LogP contribution in [0, 0.1) is 0 Å². The minimum atomic E-state index is -0.0169. The molecule has 0 fully saturated rings. The zero-order valence-corrected chi connectivity index (χ0v) is 12.3. The van der Waals surface area contributed by atoms with E-state index in [1.807, 2.05) is 36.4 Å². The van der Waals surface area contributed by atoms with E-state index in [2.05, 4.69) is 17.4 Å². The summed E-state index contributed by atoms with van der Waals surface area (Å²) >= 11 is 0. The number of nitrogens with one attached hydrogen (secondary N) is 1. The fraction of sp³-hybridized carbons (Fsp3) is 0.105. The number of amides is 1. The highest BCUT2D eigenvalue weighted by molar-refractivity contribution is 6.11. The molecule has 0 saturated carbocycles. The van der Waals surface area contributed by atoms with Gasteiger partial charge in [0.05, 0.1) is 0 Å². The first-order chi connectivity index (χ1) is 11.3. The van der Waals surface area contributed by atoms with Gasteiger partial charge in [-0.3, -0.25) is 4.79 Å². The first-order valence-electron chi connectivity index (χ1n) is 7.55. The molecule has 0 saturated heterocycles. The Morgan fingerprint density at radius 2 is 1.87 bits per heavy atom. The van der Waals surface area contributed by atoms with E-state index < -0.39 is 0 Å². The lowest BCUT2D eigenvalue weighted by molar-refractivity contribution is 0.0966. The van der Waals surface area contributed by atoms with Crippen LogP contribution in [-0.4, -0.2) is 12.7 Å². The zero-order chi connectivity index (χ0) is 15.4. The normalized spacial score (nSPS) is 14.9. The van der Waals surface area contributed by atoms with Crippen LogP contribution in [0.4, 0.5) is 0 Å². The molecule has 2 aliphatic heterocycles. The van der Waals surface area contributed by atoms with E-state index in [4.69, 9.17) is 9.47 Å². The van der Waals surface area contributed by atoms with Crippen molar-refractivity contribution in [2.24, 2.45) is 0 Å². The molecule has 0 aliphatic carbocycles. The average Bonchev–Trinajstić information content (AvgIpc) is 3.21. The van der Waals surface area contributed by atoms with E-state index in [-0.39, 0.29) is 12.7 Å². The minimum absolute atomic E-state index is 0.0169. The Kier molecular flexibility index (Phi) is 2.45. The van der Waals surface area contributed by atoms with E-state index in [0.717, 1.165) is 44.5 Å². The van der Waals surface area contributed by atoms with E-state index in [1.165, 1.54) is 0 Å². The number of fused-ring (bicyclic) bond motifs is 4. The van der Waals surface area contributed by atoms with Crippen molar-refractivity contribution in [2.45, 2.75) is 6.54 Å². The SMILES string of the molecule is O=C1NCc2c1cc1ccc3c(c1c2-c1ccccc1)OCO3. The van der Waals surface area contributed by atoms with Crippen LogP contribution in [0.25, 0.3) is 21.9 Å². The van der Waals surface area contributed by atoms with Crippen LogP contribution in [0.2, 0.25) is 0 Å². The molecule has 112 valence electrons. The highest BCUT2D eigenvalue weighted by Crippen LogP contribution is 2.46. The maximum Gasteiger partial charge on any atom is 0.251 e. The van der Waals surface area contributed by atoms with Gasteiger partial charge >= 0.3 is 0 Å². The van der Waals surface area contributed by atoms with Crippen molar-refractivity contribution in [3.05, 3.63) is 59.7 Å². The summed E-state index contributed by atoms with van der Waals surface area (Å²) < 4.78 is 11.3. The van der Waals surface area contributed by atoms with E-state index in [1.54, 1.807) is 0 Å².